The van der Waals surface area contributed by atoms with E-state index in [1.807, 2.05) is 68.4 Å². The van der Waals surface area contributed by atoms with Crippen LogP contribution in [0, 0.1) is 6.92 Å². The molecular weight excluding hydrogens is 382 g/mol. The largest absolute Gasteiger partial charge is 0.449 e. The molecule has 7 nitrogen and oxygen atoms in total. The van der Waals surface area contributed by atoms with Gasteiger partial charge in [0.2, 0.25) is 0 Å². The zero-order valence-electron chi connectivity index (χ0n) is 17.9. The summed E-state index contributed by atoms with van der Waals surface area (Å²) in [5.74, 6) is 0. The van der Waals surface area contributed by atoms with Crippen molar-refractivity contribution in [1.29, 1.82) is 0 Å². The van der Waals surface area contributed by atoms with Gasteiger partial charge < -0.3 is 14.8 Å². The molecule has 30 heavy (non-hydrogen) atoms. The Morgan fingerprint density at radius 3 is 2.10 bits per heavy atom. The summed E-state index contributed by atoms with van der Waals surface area (Å²) >= 11 is 0. The number of nitrogens with one attached hydrogen (secondary N) is 2. The van der Waals surface area contributed by atoms with Crippen LogP contribution in [0.4, 0.5) is 15.3 Å². The highest BCUT2D eigenvalue weighted by molar-refractivity contribution is 5.83. The van der Waals surface area contributed by atoms with Crippen LogP contribution in [0.15, 0.2) is 60.3 Å². The first-order chi connectivity index (χ1) is 14.5. The van der Waals surface area contributed by atoms with Gasteiger partial charge in [0.25, 0.3) is 0 Å². The van der Waals surface area contributed by atoms with Gasteiger partial charge in [-0.1, -0.05) is 55.0 Å². The molecule has 2 amide bonds. The standard InChI is InChI=1S/C23H29N3O4/c1-5-20(26(23(28)30-7-3)25-22(27)29-6-2)21(18-11-9-8-10-12-18)24-19-15-13-17(4)14-16-19/h8-16,24H,5-7H2,1-4H3,(H,25,27)/b21-20-. The van der Waals surface area contributed by atoms with Gasteiger partial charge in [0.05, 0.1) is 24.6 Å². The average molecular weight is 412 g/mol. The van der Waals surface area contributed by atoms with Crippen LogP contribution in [-0.4, -0.2) is 30.4 Å². The number of allylic oxidation sites excluding steroid dienone is 1. The van der Waals surface area contributed by atoms with Crippen LogP contribution in [0.2, 0.25) is 0 Å². The monoisotopic (exact) mass is 411 g/mol. The fraction of sp³-hybridized carbons (Fsp3) is 0.304. The molecule has 0 aliphatic rings. The molecule has 0 radical (unpaired) electrons. The zero-order chi connectivity index (χ0) is 21.9. The third-order valence-electron chi connectivity index (χ3n) is 4.21. The van der Waals surface area contributed by atoms with E-state index in [-0.39, 0.29) is 13.2 Å². The van der Waals surface area contributed by atoms with Crippen LogP contribution in [-0.2, 0) is 9.47 Å². The number of amides is 2. The van der Waals surface area contributed by atoms with Crippen molar-refractivity contribution >= 4 is 23.6 Å². The molecule has 0 fully saturated rings. The van der Waals surface area contributed by atoms with E-state index in [9.17, 15) is 9.59 Å². The molecule has 0 aromatic heterocycles. The summed E-state index contributed by atoms with van der Waals surface area (Å²) in [5.41, 5.74) is 6.55. The van der Waals surface area contributed by atoms with E-state index >= 15 is 0 Å². The van der Waals surface area contributed by atoms with Crippen molar-refractivity contribution < 1.29 is 19.1 Å². The van der Waals surface area contributed by atoms with E-state index in [1.54, 1.807) is 13.8 Å². The maximum atomic E-state index is 12.7. The number of aryl methyl sites for hydroxylation is 1. The molecule has 2 rings (SSSR count). The minimum absolute atomic E-state index is 0.170. The molecule has 2 aromatic carbocycles. The number of anilines is 1. The number of hydrazine groups is 1. The molecule has 0 saturated carbocycles. The summed E-state index contributed by atoms with van der Waals surface area (Å²) in [5, 5.41) is 4.50. The Bertz CT molecular complexity index is 864. The van der Waals surface area contributed by atoms with Crippen LogP contribution in [0.5, 0.6) is 0 Å². The molecule has 0 saturated heterocycles. The average Bonchev–Trinajstić information content (AvgIpc) is 2.75. The molecule has 0 unspecified atom stereocenters. The lowest BCUT2D eigenvalue weighted by Crippen LogP contribution is -2.46. The predicted octanol–water partition coefficient (Wildman–Crippen LogP) is 5.31. The molecule has 0 aliphatic carbocycles. The molecule has 0 bridgehead atoms. The molecular formula is C23H29N3O4. The minimum Gasteiger partial charge on any atom is -0.449 e. The van der Waals surface area contributed by atoms with Crippen LogP contribution >= 0.6 is 0 Å². The molecule has 0 spiro atoms. The molecule has 0 heterocycles. The van der Waals surface area contributed by atoms with Crippen molar-refractivity contribution in [3.63, 3.8) is 0 Å². The maximum absolute atomic E-state index is 12.7. The van der Waals surface area contributed by atoms with Crippen LogP contribution < -0.4 is 10.7 Å². The summed E-state index contributed by atoms with van der Waals surface area (Å²) in [6, 6.07) is 17.5. The number of rotatable bonds is 7. The normalized spacial score (nSPS) is 11.2. The lowest BCUT2D eigenvalue weighted by Gasteiger charge is -2.27. The fourth-order valence-corrected chi connectivity index (χ4v) is 2.81. The van der Waals surface area contributed by atoms with Crippen LogP contribution in [0.25, 0.3) is 5.70 Å². The molecule has 0 atom stereocenters. The van der Waals surface area contributed by atoms with Gasteiger partial charge in [-0.2, -0.15) is 5.01 Å². The van der Waals surface area contributed by atoms with Crippen molar-refractivity contribution in [2.75, 3.05) is 18.5 Å². The Morgan fingerprint density at radius 2 is 1.53 bits per heavy atom. The number of hydrogen-bond donors (Lipinski definition) is 2. The van der Waals surface area contributed by atoms with E-state index in [2.05, 4.69) is 10.7 Å². The summed E-state index contributed by atoms with van der Waals surface area (Å²) in [7, 11) is 0. The molecule has 0 aliphatic heterocycles. The third-order valence-corrected chi connectivity index (χ3v) is 4.21. The summed E-state index contributed by atoms with van der Waals surface area (Å²) < 4.78 is 10.1. The number of nitrogens with zero attached hydrogens (tertiary/aromatic N) is 1. The Balaban J connectivity index is 2.57. The Hall–Kier alpha value is -3.48. The smallest absolute Gasteiger partial charge is 0.433 e. The van der Waals surface area contributed by atoms with Crippen molar-refractivity contribution in [1.82, 2.24) is 10.4 Å². The van der Waals surface area contributed by atoms with Gasteiger partial charge in [-0.05, 0) is 44.9 Å². The van der Waals surface area contributed by atoms with E-state index < -0.39 is 12.2 Å². The Labute approximate surface area is 177 Å². The second-order valence-electron chi connectivity index (χ2n) is 6.40. The highest BCUT2D eigenvalue weighted by Gasteiger charge is 2.25. The topological polar surface area (TPSA) is 79.9 Å². The Kier molecular flexibility index (Phi) is 8.75. The zero-order valence-corrected chi connectivity index (χ0v) is 17.9. The second-order valence-corrected chi connectivity index (χ2v) is 6.40. The van der Waals surface area contributed by atoms with Gasteiger partial charge in [-0.25, -0.2) is 15.0 Å². The van der Waals surface area contributed by atoms with Crippen molar-refractivity contribution in [3.8, 4) is 0 Å². The van der Waals surface area contributed by atoms with Gasteiger partial charge in [0.1, 0.15) is 0 Å². The van der Waals surface area contributed by atoms with Crippen molar-refractivity contribution in [2.45, 2.75) is 34.1 Å². The predicted molar refractivity (Wildman–Crippen MR) is 117 cm³/mol. The van der Waals surface area contributed by atoms with E-state index in [0.29, 0.717) is 17.8 Å². The molecule has 160 valence electrons. The number of hydrogen-bond acceptors (Lipinski definition) is 5. The SMILES string of the molecule is CCOC(=O)NN(C(=O)OCC)/C(CC)=C(\Nc1ccc(C)cc1)c1ccccc1. The molecule has 2 aromatic rings. The quantitative estimate of drug-likeness (QED) is 0.604. The molecule has 2 N–H and O–H groups in total. The maximum Gasteiger partial charge on any atom is 0.433 e. The highest BCUT2D eigenvalue weighted by atomic mass is 16.6. The number of benzene rings is 2. The van der Waals surface area contributed by atoms with E-state index in [4.69, 9.17) is 9.47 Å². The van der Waals surface area contributed by atoms with Gasteiger partial charge >= 0.3 is 12.2 Å². The summed E-state index contributed by atoms with van der Waals surface area (Å²) in [6.07, 6.45) is -0.991. The highest BCUT2D eigenvalue weighted by Crippen LogP contribution is 2.26. The third kappa shape index (κ3) is 6.27. The van der Waals surface area contributed by atoms with E-state index in [0.717, 1.165) is 21.8 Å². The van der Waals surface area contributed by atoms with Crippen LogP contribution in [0.3, 0.4) is 0 Å². The van der Waals surface area contributed by atoms with Crippen LogP contribution in [0.1, 0.15) is 38.3 Å². The number of carbonyl (C=O) groups excluding carboxylic acids is 2. The Morgan fingerprint density at radius 1 is 0.900 bits per heavy atom. The first-order valence-electron chi connectivity index (χ1n) is 10.0. The first-order valence-corrected chi connectivity index (χ1v) is 10.0. The van der Waals surface area contributed by atoms with E-state index in [1.165, 1.54) is 0 Å². The van der Waals surface area contributed by atoms with Gasteiger partial charge in [-0.3, -0.25) is 0 Å². The fourth-order valence-electron chi connectivity index (χ4n) is 2.81. The number of ether oxygens (including phenoxy) is 2. The van der Waals surface area contributed by atoms with Gasteiger partial charge in [0, 0.05) is 5.69 Å². The second kappa shape index (κ2) is 11.5. The summed E-state index contributed by atoms with van der Waals surface area (Å²) in [6.45, 7) is 7.66. The van der Waals surface area contributed by atoms with Crippen molar-refractivity contribution in [3.05, 3.63) is 71.4 Å². The minimum atomic E-state index is -0.737. The lowest BCUT2D eigenvalue weighted by atomic mass is 10.1. The lowest BCUT2D eigenvalue weighted by molar-refractivity contribution is 0.0867. The summed E-state index contributed by atoms with van der Waals surface area (Å²) in [4.78, 5) is 24.8. The van der Waals surface area contributed by atoms with Gasteiger partial charge in [-0.15, -0.1) is 0 Å². The van der Waals surface area contributed by atoms with Gasteiger partial charge in [0.15, 0.2) is 0 Å². The first kappa shape index (κ1) is 22.8. The van der Waals surface area contributed by atoms with Crippen molar-refractivity contribution in [2.24, 2.45) is 0 Å². The molecule has 7 heteroatoms. The number of carbonyl (C=O) groups is 2.